The molecule has 0 aliphatic carbocycles. The topological polar surface area (TPSA) is 46.5 Å². The summed E-state index contributed by atoms with van der Waals surface area (Å²) in [6, 6.07) is 0. The van der Waals surface area contributed by atoms with E-state index in [1.54, 1.807) is 0 Å². The van der Waals surface area contributed by atoms with Crippen molar-refractivity contribution in [3.8, 4) is 0 Å². The molecule has 0 aliphatic heterocycles. The molecule has 0 rings (SSSR count). The summed E-state index contributed by atoms with van der Waals surface area (Å²) in [5.41, 5.74) is 0.339. The lowest BCUT2D eigenvalue weighted by Gasteiger charge is -2.15. The summed E-state index contributed by atoms with van der Waals surface area (Å²) >= 11 is 0. The van der Waals surface area contributed by atoms with Crippen LogP contribution in [0.15, 0.2) is 23.5 Å². The van der Waals surface area contributed by atoms with E-state index in [2.05, 4.69) is 4.74 Å². The largest absolute Gasteiger partial charge is 0.511 e. The van der Waals surface area contributed by atoms with Crippen molar-refractivity contribution >= 4 is 5.97 Å². The molecule has 3 nitrogen and oxygen atoms in total. The van der Waals surface area contributed by atoms with Crippen LogP contribution in [0.1, 0.15) is 27.7 Å². The quantitative estimate of drug-likeness (QED) is 0.337. The zero-order valence-corrected chi connectivity index (χ0v) is 10.1. The van der Waals surface area contributed by atoms with Crippen molar-refractivity contribution in [2.24, 2.45) is 11.8 Å². The van der Waals surface area contributed by atoms with E-state index in [0.717, 1.165) is 0 Å². The molecule has 3 heteroatoms. The first-order valence-electron chi connectivity index (χ1n) is 5.09. The number of carbonyl (C=O) groups is 1. The van der Waals surface area contributed by atoms with Gasteiger partial charge in [-0.1, -0.05) is 32.9 Å². The fourth-order valence-electron chi connectivity index (χ4n) is 1.33. The summed E-state index contributed by atoms with van der Waals surface area (Å²) in [6.45, 7) is 7.39. The van der Waals surface area contributed by atoms with Gasteiger partial charge >= 0.3 is 5.97 Å². The number of carbonyl (C=O) groups excluding carboxylic acids is 1. The average molecular weight is 212 g/mol. The maximum Gasteiger partial charge on any atom is 0.337 e. The Labute approximate surface area is 91.4 Å². The SMILES string of the molecule is C/C=C/C(C)/C(C(=O)OC)=C(\O)C(C)C. The van der Waals surface area contributed by atoms with Gasteiger partial charge in [0.1, 0.15) is 5.76 Å². The van der Waals surface area contributed by atoms with Gasteiger partial charge < -0.3 is 9.84 Å². The number of ether oxygens (including phenoxy) is 1. The summed E-state index contributed by atoms with van der Waals surface area (Å²) < 4.78 is 4.66. The van der Waals surface area contributed by atoms with Crippen LogP contribution in [0.25, 0.3) is 0 Å². The van der Waals surface area contributed by atoms with Gasteiger partial charge in [0.25, 0.3) is 0 Å². The lowest BCUT2D eigenvalue weighted by atomic mass is 9.95. The molecule has 0 saturated carbocycles. The van der Waals surface area contributed by atoms with Crippen LogP contribution in [0.3, 0.4) is 0 Å². The average Bonchev–Trinajstić information content (AvgIpc) is 2.17. The van der Waals surface area contributed by atoms with Gasteiger partial charge in [0.2, 0.25) is 0 Å². The van der Waals surface area contributed by atoms with E-state index >= 15 is 0 Å². The van der Waals surface area contributed by atoms with Gasteiger partial charge in [-0.3, -0.25) is 0 Å². The third-order valence-electron chi connectivity index (χ3n) is 2.16. The van der Waals surface area contributed by atoms with Gasteiger partial charge in [0.05, 0.1) is 12.7 Å². The molecule has 0 amide bonds. The first-order chi connectivity index (χ1) is 6.95. The molecule has 0 saturated heterocycles. The van der Waals surface area contributed by atoms with Crippen molar-refractivity contribution in [1.82, 2.24) is 0 Å². The van der Waals surface area contributed by atoms with Crippen LogP contribution in [0.4, 0.5) is 0 Å². The summed E-state index contributed by atoms with van der Waals surface area (Å²) in [7, 11) is 1.32. The maximum atomic E-state index is 11.5. The van der Waals surface area contributed by atoms with Crippen LogP contribution in [0, 0.1) is 11.8 Å². The van der Waals surface area contributed by atoms with Crippen molar-refractivity contribution in [1.29, 1.82) is 0 Å². The fraction of sp³-hybridized carbons (Fsp3) is 0.583. The second kappa shape index (κ2) is 6.27. The van der Waals surface area contributed by atoms with Crippen LogP contribution in [0.2, 0.25) is 0 Å². The van der Waals surface area contributed by atoms with E-state index in [0.29, 0.717) is 5.57 Å². The molecular weight excluding hydrogens is 192 g/mol. The van der Waals surface area contributed by atoms with E-state index in [1.165, 1.54) is 7.11 Å². The van der Waals surface area contributed by atoms with Gasteiger partial charge in [-0.2, -0.15) is 0 Å². The summed E-state index contributed by atoms with van der Waals surface area (Å²) in [5.74, 6) is -0.573. The molecule has 0 heterocycles. The molecule has 1 atom stereocenters. The number of hydrogen-bond donors (Lipinski definition) is 1. The number of rotatable bonds is 4. The Kier molecular flexibility index (Phi) is 5.75. The van der Waals surface area contributed by atoms with Gasteiger partial charge in [0.15, 0.2) is 0 Å². The van der Waals surface area contributed by atoms with Gasteiger partial charge in [-0.15, -0.1) is 0 Å². The molecule has 0 aromatic heterocycles. The number of aliphatic hydroxyl groups excluding tert-OH is 1. The molecule has 15 heavy (non-hydrogen) atoms. The third-order valence-corrected chi connectivity index (χ3v) is 2.16. The Morgan fingerprint density at radius 2 is 1.87 bits per heavy atom. The van der Waals surface area contributed by atoms with E-state index in [1.807, 2.05) is 39.8 Å². The van der Waals surface area contributed by atoms with Gasteiger partial charge in [0, 0.05) is 11.8 Å². The Bertz CT molecular complexity index is 275. The van der Waals surface area contributed by atoms with E-state index in [9.17, 15) is 9.90 Å². The second-order valence-corrected chi connectivity index (χ2v) is 3.76. The molecule has 0 aliphatic rings. The Balaban J connectivity index is 5.23. The van der Waals surface area contributed by atoms with Crippen LogP contribution in [-0.2, 0) is 9.53 Å². The molecule has 86 valence electrons. The smallest absolute Gasteiger partial charge is 0.337 e. The second-order valence-electron chi connectivity index (χ2n) is 3.76. The van der Waals surface area contributed by atoms with E-state index in [-0.39, 0.29) is 17.6 Å². The molecule has 0 aromatic carbocycles. The van der Waals surface area contributed by atoms with E-state index < -0.39 is 5.97 Å². The number of methoxy groups -OCH3 is 1. The predicted molar refractivity (Wildman–Crippen MR) is 60.5 cm³/mol. The van der Waals surface area contributed by atoms with Crippen molar-refractivity contribution < 1.29 is 14.6 Å². The standard InChI is InChI=1S/C12H20O3/c1-6-7-9(4)10(12(14)15-5)11(13)8(2)3/h6-9,13H,1-5H3/b7-6+,11-10+. The number of allylic oxidation sites excluding steroid dienone is 3. The van der Waals surface area contributed by atoms with Gasteiger partial charge in [-0.25, -0.2) is 4.79 Å². The highest BCUT2D eigenvalue weighted by molar-refractivity contribution is 5.89. The molecule has 0 bridgehead atoms. The lowest BCUT2D eigenvalue weighted by Crippen LogP contribution is -2.16. The van der Waals surface area contributed by atoms with Crippen LogP contribution in [-0.4, -0.2) is 18.2 Å². The Hall–Kier alpha value is -1.25. The first-order valence-corrected chi connectivity index (χ1v) is 5.09. The molecular formula is C12H20O3. The van der Waals surface area contributed by atoms with Crippen molar-refractivity contribution in [3.63, 3.8) is 0 Å². The molecule has 0 radical (unpaired) electrons. The highest BCUT2D eigenvalue weighted by atomic mass is 16.5. The molecule has 1 N–H and O–H groups in total. The van der Waals surface area contributed by atoms with Crippen LogP contribution < -0.4 is 0 Å². The third kappa shape index (κ3) is 3.78. The molecule has 1 unspecified atom stereocenters. The molecule has 0 spiro atoms. The highest BCUT2D eigenvalue weighted by Gasteiger charge is 2.22. The summed E-state index contributed by atoms with van der Waals surface area (Å²) in [5, 5.41) is 9.83. The minimum atomic E-state index is -0.466. The normalized spacial score (nSPS) is 15.3. The Morgan fingerprint density at radius 1 is 1.33 bits per heavy atom. The van der Waals surface area contributed by atoms with E-state index in [4.69, 9.17) is 0 Å². The zero-order valence-electron chi connectivity index (χ0n) is 10.1. The highest BCUT2D eigenvalue weighted by Crippen LogP contribution is 2.21. The van der Waals surface area contributed by atoms with Crippen LogP contribution in [0.5, 0.6) is 0 Å². The molecule has 0 fully saturated rings. The minimum Gasteiger partial charge on any atom is -0.511 e. The van der Waals surface area contributed by atoms with Crippen molar-refractivity contribution in [2.75, 3.05) is 7.11 Å². The zero-order chi connectivity index (χ0) is 12.0. The minimum absolute atomic E-state index is 0.0770. The fourth-order valence-corrected chi connectivity index (χ4v) is 1.33. The summed E-state index contributed by atoms with van der Waals surface area (Å²) in [6.07, 6.45) is 3.70. The van der Waals surface area contributed by atoms with Crippen LogP contribution >= 0.6 is 0 Å². The first kappa shape index (κ1) is 13.8. The van der Waals surface area contributed by atoms with Gasteiger partial charge in [-0.05, 0) is 6.92 Å². The number of hydrogen-bond acceptors (Lipinski definition) is 3. The molecule has 0 aromatic rings. The summed E-state index contributed by atoms with van der Waals surface area (Å²) in [4.78, 5) is 11.5. The predicted octanol–water partition coefficient (Wildman–Crippen LogP) is 2.84. The Morgan fingerprint density at radius 3 is 2.20 bits per heavy atom. The van der Waals surface area contributed by atoms with Crippen molar-refractivity contribution in [3.05, 3.63) is 23.5 Å². The number of esters is 1. The monoisotopic (exact) mass is 212 g/mol. The number of aliphatic hydroxyl groups is 1. The maximum absolute atomic E-state index is 11.5. The van der Waals surface area contributed by atoms with Crippen molar-refractivity contribution in [2.45, 2.75) is 27.7 Å². The lowest BCUT2D eigenvalue weighted by molar-refractivity contribution is -0.136.